The van der Waals surface area contributed by atoms with Gasteiger partial charge in [0.05, 0.1) is 7.11 Å². The number of hydrogen-bond donors (Lipinski definition) is 1. The van der Waals surface area contributed by atoms with Gasteiger partial charge in [-0.1, -0.05) is 52.8 Å². The average Bonchev–Trinajstić information content (AvgIpc) is 2.41. The average molecular weight is 289 g/mol. The third-order valence-electron chi connectivity index (χ3n) is 3.49. The van der Waals surface area contributed by atoms with Gasteiger partial charge in [0, 0.05) is 11.6 Å². The largest absolute Gasteiger partial charge is 0.496 e. The van der Waals surface area contributed by atoms with Gasteiger partial charge in [-0.2, -0.15) is 0 Å². The quantitative estimate of drug-likeness (QED) is 0.729. The van der Waals surface area contributed by atoms with Crippen LogP contribution in [0.25, 0.3) is 6.08 Å². The summed E-state index contributed by atoms with van der Waals surface area (Å²) < 4.78 is 5.46. The zero-order chi connectivity index (χ0) is 15.9. The first kappa shape index (κ1) is 17.8. The van der Waals surface area contributed by atoms with E-state index >= 15 is 0 Å². The number of methoxy groups -OCH3 is 1. The monoisotopic (exact) mass is 289 g/mol. The molecule has 0 aliphatic rings. The lowest BCUT2D eigenvalue weighted by atomic mass is 9.86. The summed E-state index contributed by atoms with van der Waals surface area (Å²) in [4.78, 5) is 0. The van der Waals surface area contributed by atoms with Gasteiger partial charge in [0.2, 0.25) is 0 Å². The number of unbranched alkanes of at least 4 members (excludes halogenated alkanes) is 1. The maximum Gasteiger partial charge on any atom is 0.126 e. The van der Waals surface area contributed by atoms with Gasteiger partial charge in [-0.25, -0.2) is 0 Å². The van der Waals surface area contributed by atoms with Crippen molar-refractivity contribution in [3.05, 3.63) is 35.4 Å². The summed E-state index contributed by atoms with van der Waals surface area (Å²) in [5.74, 6) is 0.944. The van der Waals surface area contributed by atoms with Crippen LogP contribution >= 0.6 is 0 Å². The van der Waals surface area contributed by atoms with Gasteiger partial charge in [0.25, 0.3) is 0 Å². The summed E-state index contributed by atoms with van der Waals surface area (Å²) >= 11 is 0. The minimum absolute atomic E-state index is 0.163. The van der Waals surface area contributed by atoms with E-state index in [2.05, 4.69) is 70.3 Å². The number of nitrogens with one attached hydrogen (secondary N) is 1. The van der Waals surface area contributed by atoms with Crippen LogP contribution in [0.2, 0.25) is 0 Å². The standard InChI is InChI=1S/C19H31NO/c1-15(2)20-13-9-7-8-10-16-14-17(19(3,4)5)11-12-18(16)21-6/h8,10-12,14-15,20H,7,9,13H2,1-6H3. The molecule has 0 radical (unpaired) electrons. The second-order valence-corrected chi connectivity index (χ2v) is 6.86. The number of benzene rings is 1. The molecule has 0 spiro atoms. The third kappa shape index (κ3) is 6.34. The third-order valence-corrected chi connectivity index (χ3v) is 3.49. The first-order valence-corrected chi connectivity index (χ1v) is 7.93. The van der Waals surface area contributed by atoms with E-state index in [-0.39, 0.29) is 5.41 Å². The van der Waals surface area contributed by atoms with Gasteiger partial charge in [0.1, 0.15) is 5.75 Å². The normalized spacial score (nSPS) is 12.3. The van der Waals surface area contributed by atoms with Gasteiger partial charge in [0.15, 0.2) is 0 Å². The molecule has 2 nitrogen and oxygen atoms in total. The van der Waals surface area contributed by atoms with Crippen molar-refractivity contribution in [3.8, 4) is 5.75 Å². The molecule has 21 heavy (non-hydrogen) atoms. The Hall–Kier alpha value is -1.28. The van der Waals surface area contributed by atoms with Crippen LogP contribution in [0.4, 0.5) is 0 Å². The van der Waals surface area contributed by atoms with Gasteiger partial charge >= 0.3 is 0 Å². The summed E-state index contributed by atoms with van der Waals surface area (Å²) in [6.45, 7) is 12.1. The van der Waals surface area contributed by atoms with Crippen LogP contribution in [-0.2, 0) is 5.41 Å². The van der Waals surface area contributed by atoms with Crippen molar-refractivity contribution in [2.45, 2.75) is 58.9 Å². The van der Waals surface area contributed by atoms with E-state index in [9.17, 15) is 0 Å². The van der Waals surface area contributed by atoms with E-state index in [1.807, 2.05) is 0 Å². The summed E-state index contributed by atoms with van der Waals surface area (Å²) in [7, 11) is 1.73. The van der Waals surface area contributed by atoms with Crippen molar-refractivity contribution in [1.82, 2.24) is 5.32 Å². The van der Waals surface area contributed by atoms with E-state index in [4.69, 9.17) is 4.74 Å². The Labute approximate surface area is 130 Å². The fourth-order valence-corrected chi connectivity index (χ4v) is 2.15. The molecule has 2 heteroatoms. The van der Waals surface area contributed by atoms with Gasteiger partial charge in [-0.3, -0.25) is 0 Å². The molecule has 1 N–H and O–H groups in total. The topological polar surface area (TPSA) is 21.3 Å². The second kappa shape index (κ2) is 8.23. The highest BCUT2D eigenvalue weighted by Crippen LogP contribution is 2.28. The van der Waals surface area contributed by atoms with Crippen LogP contribution in [0.5, 0.6) is 5.75 Å². The molecule has 0 bridgehead atoms. The molecule has 0 heterocycles. The van der Waals surface area contributed by atoms with Crippen LogP contribution in [0.3, 0.4) is 0 Å². The number of rotatable bonds is 7. The van der Waals surface area contributed by atoms with Crippen LogP contribution in [0, 0.1) is 0 Å². The maximum atomic E-state index is 5.46. The first-order valence-electron chi connectivity index (χ1n) is 7.93. The first-order chi connectivity index (χ1) is 9.84. The van der Waals surface area contributed by atoms with E-state index < -0.39 is 0 Å². The Bertz CT molecular complexity index is 455. The Morgan fingerprint density at radius 1 is 1.24 bits per heavy atom. The molecule has 0 saturated carbocycles. The predicted molar refractivity (Wildman–Crippen MR) is 93.1 cm³/mol. The number of allylic oxidation sites excluding steroid dienone is 1. The summed E-state index contributed by atoms with van der Waals surface area (Å²) in [5, 5.41) is 3.44. The van der Waals surface area contributed by atoms with Crippen molar-refractivity contribution in [3.63, 3.8) is 0 Å². The lowest BCUT2D eigenvalue weighted by Gasteiger charge is -2.20. The summed E-state index contributed by atoms with van der Waals surface area (Å²) in [6, 6.07) is 7.03. The smallest absolute Gasteiger partial charge is 0.126 e. The SMILES string of the molecule is COc1ccc(C(C)(C)C)cc1C=CCCCNC(C)C. The highest BCUT2D eigenvalue weighted by molar-refractivity contribution is 5.59. The molecule has 1 aromatic carbocycles. The summed E-state index contributed by atoms with van der Waals surface area (Å²) in [6.07, 6.45) is 6.67. The van der Waals surface area contributed by atoms with Gasteiger partial charge < -0.3 is 10.1 Å². The van der Waals surface area contributed by atoms with Gasteiger partial charge in [-0.05, 0) is 42.5 Å². The number of hydrogen-bond acceptors (Lipinski definition) is 2. The molecule has 0 atom stereocenters. The molecule has 0 aromatic heterocycles. The Balaban J connectivity index is 2.67. The maximum absolute atomic E-state index is 5.46. The molecule has 1 rings (SSSR count). The van der Waals surface area contributed by atoms with Crippen molar-refractivity contribution in [1.29, 1.82) is 0 Å². The Morgan fingerprint density at radius 3 is 2.52 bits per heavy atom. The minimum atomic E-state index is 0.163. The van der Waals surface area contributed by atoms with E-state index in [0.29, 0.717) is 6.04 Å². The lowest BCUT2D eigenvalue weighted by molar-refractivity contribution is 0.413. The molecular formula is C19H31NO. The zero-order valence-corrected chi connectivity index (χ0v) is 14.5. The molecular weight excluding hydrogens is 258 g/mol. The molecule has 0 aliphatic carbocycles. The molecule has 118 valence electrons. The van der Waals surface area contributed by atoms with E-state index in [0.717, 1.165) is 25.1 Å². The van der Waals surface area contributed by atoms with Crippen LogP contribution in [-0.4, -0.2) is 19.7 Å². The fourth-order valence-electron chi connectivity index (χ4n) is 2.15. The zero-order valence-electron chi connectivity index (χ0n) is 14.5. The minimum Gasteiger partial charge on any atom is -0.496 e. The van der Waals surface area contributed by atoms with Crippen molar-refractivity contribution in [2.24, 2.45) is 0 Å². The van der Waals surface area contributed by atoms with E-state index in [1.165, 1.54) is 11.1 Å². The lowest BCUT2D eigenvalue weighted by Crippen LogP contribution is -2.23. The molecule has 0 saturated heterocycles. The fraction of sp³-hybridized carbons (Fsp3) is 0.579. The van der Waals surface area contributed by atoms with Crippen LogP contribution in [0.15, 0.2) is 24.3 Å². The van der Waals surface area contributed by atoms with Gasteiger partial charge in [-0.15, -0.1) is 0 Å². The molecule has 1 aromatic rings. The molecule has 0 amide bonds. The van der Waals surface area contributed by atoms with Crippen LogP contribution in [0.1, 0.15) is 58.6 Å². The Morgan fingerprint density at radius 2 is 1.95 bits per heavy atom. The molecule has 0 unspecified atom stereocenters. The second-order valence-electron chi connectivity index (χ2n) is 6.86. The van der Waals surface area contributed by atoms with E-state index in [1.54, 1.807) is 7.11 Å². The Kier molecular flexibility index (Phi) is 6.97. The molecule has 0 fully saturated rings. The number of ether oxygens (including phenoxy) is 1. The summed E-state index contributed by atoms with van der Waals surface area (Å²) in [5.41, 5.74) is 2.67. The highest BCUT2D eigenvalue weighted by atomic mass is 16.5. The van der Waals surface area contributed by atoms with Crippen molar-refractivity contribution < 1.29 is 4.74 Å². The highest BCUT2D eigenvalue weighted by Gasteiger charge is 2.14. The van der Waals surface area contributed by atoms with Crippen molar-refractivity contribution >= 4 is 6.08 Å². The van der Waals surface area contributed by atoms with Crippen LogP contribution < -0.4 is 10.1 Å². The van der Waals surface area contributed by atoms with Crippen molar-refractivity contribution in [2.75, 3.05) is 13.7 Å². The molecule has 0 aliphatic heterocycles. The predicted octanol–water partition coefficient (Wildman–Crippen LogP) is 4.78.